The van der Waals surface area contributed by atoms with Gasteiger partial charge in [0.25, 0.3) is 5.91 Å². The molecule has 0 spiro atoms. The highest BCUT2D eigenvalue weighted by molar-refractivity contribution is 6.04. The third kappa shape index (κ3) is 6.21. The molecule has 1 fully saturated rings. The van der Waals surface area contributed by atoms with Gasteiger partial charge in [0, 0.05) is 44.3 Å². The number of rotatable bonds is 8. The second kappa shape index (κ2) is 10.1. The lowest BCUT2D eigenvalue weighted by Gasteiger charge is -2.26. The Morgan fingerprint density at radius 3 is 2.64 bits per heavy atom. The molecule has 2 N–H and O–H groups in total. The number of benzene rings is 1. The maximum atomic E-state index is 12.5. The van der Waals surface area contributed by atoms with Crippen LogP contribution in [0.25, 0.3) is 0 Å². The molecule has 0 atom stereocenters. The summed E-state index contributed by atoms with van der Waals surface area (Å²) in [4.78, 5) is 19.1. The first-order valence-electron chi connectivity index (χ1n) is 9.67. The molecule has 0 radical (unpaired) electrons. The van der Waals surface area contributed by atoms with Crippen LogP contribution in [-0.4, -0.2) is 61.3 Å². The SMILES string of the molecule is CC(C)Oc1ccc(NC(=O)c2cncc(NCCN3CCOCC3)c2)cc1. The Labute approximate surface area is 166 Å². The van der Waals surface area contributed by atoms with Gasteiger partial charge in [0.15, 0.2) is 0 Å². The summed E-state index contributed by atoms with van der Waals surface area (Å²) in [5.41, 5.74) is 2.06. The van der Waals surface area contributed by atoms with Gasteiger partial charge in [-0.25, -0.2) is 0 Å². The van der Waals surface area contributed by atoms with Gasteiger partial charge in [-0.15, -0.1) is 0 Å². The van der Waals surface area contributed by atoms with Crippen molar-refractivity contribution in [3.05, 3.63) is 48.3 Å². The molecule has 28 heavy (non-hydrogen) atoms. The topological polar surface area (TPSA) is 75.7 Å². The minimum Gasteiger partial charge on any atom is -0.491 e. The van der Waals surface area contributed by atoms with E-state index in [1.807, 2.05) is 44.2 Å². The number of amides is 1. The van der Waals surface area contributed by atoms with Crippen LogP contribution in [0.4, 0.5) is 11.4 Å². The van der Waals surface area contributed by atoms with E-state index in [4.69, 9.17) is 9.47 Å². The fourth-order valence-electron chi connectivity index (χ4n) is 2.94. The van der Waals surface area contributed by atoms with Gasteiger partial charge in [-0.1, -0.05) is 0 Å². The van der Waals surface area contributed by atoms with Crippen LogP contribution >= 0.6 is 0 Å². The molecular formula is C21H28N4O3. The molecule has 1 amide bonds. The molecule has 150 valence electrons. The van der Waals surface area contributed by atoms with Gasteiger partial charge in [-0.2, -0.15) is 0 Å². The van der Waals surface area contributed by atoms with Gasteiger partial charge in [0.1, 0.15) is 5.75 Å². The zero-order chi connectivity index (χ0) is 19.8. The number of carbonyl (C=O) groups is 1. The monoisotopic (exact) mass is 384 g/mol. The molecule has 0 unspecified atom stereocenters. The number of hydrogen-bond donors (Lipinski definition) is 2. The van der Waals surface area contributed by atoms with Gasteiger partial charge in [-0.3, -0.25) is 14.7 Å². The van der Waals surface area contributed by atoms with Crippen LogP contribution in [0.5, 0.6) is 5.75 Å². The van der Waals surface area contributed by atoms with Gasteiger partial charge in [0.05, 0.1) is 30.6 Å². The zero-order valence-electron chi connectivity index (χ0n) is 16.5. The Bertz CT molecular complexity index is 759. The van der Waals surface area contributed by atoms with E-state index in [2.05, 4.69) is 20.5 Å². The second-order valence-electron chi connectivity index (χ2n) is 6.99. The van der Waals surface area contributed by atoms with Crippen LogP contribution < -0.4 is 15.4 Å². The first kappa shape index (κ1) is 20.1. The molecule has 2 heterocycles. The molecule has 3 rings (SSSR count). The standard InChI is InChI=1S/C21H28N4O3/c1-16(2)28-20-5-3-18(4-6-20)24-21(26)17-13-19(15-22-14-17)23-7-8-25-9-11-27-12-10-25/h3-6,13-16,23H,7-12H2,1-2H3,(H,24,26). The van der Waals surface area contributed by atoms with Crippen molar-refractivity contribution >= 4 is 17.3 Å². The second-order valence-corrected chi connectivity index (χ2v) is 6.99. The molecule has 0 bridgehead atoms. The average molecular weight is 384 g/mol. The number of aromatic nitrogens is 1. The highest BCUT2D eigenvalue weighted by atomic mass is 16.5. The summed E-state index contributed by atoms with van der Waals surface area (Å²) in [6.45, 7) is 9.19. The summed E-state index contributed by atoms with van der Waals surface area (Å²) >= 11 is 0. The summed E-state index contributed by atoms with van der Waals surface area (Å²) < 4.78 is 11.0. The number of anilines is 2. The van der Waals surface area contributed by atoms with Crippen molar-refractivity contribution in [2.45, 2.75) is 20.0 Å². The molecule has 1 aliphatic heterocycles. The van der Waals surface area contributed by atoms with Crippen molar-refractivity contribution in [2.24, 2.45) is 0 Å². The summed E-state index contributed by atoms with van der Waals surface area (Å²) in [5, 5.41) is 6.22. The van der Waals surface area contributed by atoms with E-state index in [1.165, 1.54) is 0 Å². The quantitative estimate of drug-likeness (QED) is 0.729. The van der Waals surface area contributed by atoms with E-state index < -0.39 is 0 Å². The number of nitrogens with one attached hydrogen (secondary N) is 2. The molecule has 0 saturated carbocycles. The number of hydrogen-bond acceptors (Lipinski definition) is 6. The minimum absolute atomic E-state index is 0.116. The normalized spacial score (nSPS) is 14.7. The fraction of sp³-hybridized carbons (Fsp3) is 0.429. The van der Waals surface area contributed by atoms with E-state index in [-0.39, 0.29) is 12.0 Å². The molecular weight excluding hydrogens is 356 g/mol. The van der Waals surface area contributed by atoms with Crippen molar-refractivity contribution in [3.8, 4) is 5.75 Å². The highest BCUT2D eigenvalue weighted by Crippen LogP contribution is 2.18. The molecule has 7 heteroatoms. The summed E-state index contributed by atoms with van der Waals surface area (Å²) in [6.07, 6.45) is 3.41. The van der Waals surface area contributed by atoms with Gasteiger partial charge in [0.2, 0.25) is 0 Å². The fourth-order valence-corrected chi connectivity index (χ4v) is 2.94. The first-order chi connectivity index (χ1) is 13.6. The van der Waals surface area contributed by atoms with Crippen LogP contribution in [0.2, 0.25) is 0 Å². The molecule has 1 saturated heterocycles. The van der Waals surface area contributed by atoms with Crippen LogP contribution in [0.1, 0.15) is 24.2 Å². The Balaban J connectivity index is 1.51. The Hall–Kier alpha value is -2.64. The third-order valence-corrected chi connectivity index (χ3v) is 4.35. The molecule has 7 nitrogen and oxygen atoms in total. The van der Waals surface area contributed by atoms with Crippen LogP contribution in [-0.2, 0) is 4.74 Å². The van der Waals surface area contributed by atoms with Crippen LogP contribution in [0, 0.1) is 0 Å². The summed E-state index contributed by atoms with van der Waals surface area (Å²) in [6, 6.07) is 9.16. The first-order valence-corrected chi connectivity index (χ1v) is 9.67. The molecule has 0 aliphatic carbocycles. The van der Waals surface area contributed by atoms with Crippen molar-refractivity contribution in [1.29, 1.82) is 0 Å². The number of morpholine rings is 1. The maximum Gasteiger partial charge on any atom is 0.257 e. The van der Waals surface area contributed by atoms with Crippen molar-refractivity contribution in [1.82, 2.24) is 9.88 Å². The van der Waals surface area contributed by atoms with Crippen LogP contribution in [0.3, 0.4) is 0 Å². The van der Waals surface area contributed by atoms with Crippen molar-refractivity contribution in [2.75, 3.05) is 50.0 Å². The van der Waals surface area contributed by atoms with Gasteiger partial charge >= 0.3 is 0 Å². The largest absolute Gasteiger partial charge is 0.491 e. The Morgan fingerprint density at radius 2 is 1.93 bits per heavy atom. The highest BCUT2D eigenvalue weighted by Gasteiger charge is 2.11. The molecule has 1 aromatic carbocycles. The predicted molar refractivity (Wildman–Crippen MR) is 110 cm³/mol. The van der Waals surface area contributed by atoms with Gasteiger partial charge < -0.3 is 20.1 Å². The van der Waals surface area contributed by atoms with Crippen molar-refractivity contribution < 1.29 is 14.3 Å². The maximum absolute atomic E-state index is 12.5. The zero-order valence-corrected chi connectivity index (χ0v) is 16.5. The summed E-state index contributed by atoms with van der Waals surface area (Å²) in [5.74, 6) is 0.586. The Morgan fingerprint density at radius 1 is 1.18 bits per heavy atom. The number of nitrogens with zero attached hydrogens (tertiary/aromatic N) is 2. The van der Waals surface area contributed by atoms with E-state index in [1.54, 1.807) is 12.4 Å². The third-order valence-electron chi connectivity index (χ3n) is 4.35. The number of ether oxygens (including phenoxy) is 2. The van der Waals surface area contributed by atoms with E-state index in [0.717, 1.165) is 50.8 Å². The number of carbonyl (C=O) groups excluding carboxylic acids is 1. The summed E-state index contributed by atoms with van der Waals surface area (Å²) in [7, 11) is 0. The average Bonchev–Trinajstić information content (AvgIpc) is 2.70. The molecule has 2 aromatic rings. The molecule has 1 aromatic heterocycles. The van der Waals surface area contributed by atoms with Gasteiger partial charge in [-0.05, 0) is 44.2 Å². The smallest absolute Gasteiger partial charge is 0.257 e. The van der Waals surface area contributed by atoms with E-state index in [0.29, 0.717) is 11.3 Å². The number of pyridine rings is 1. The van der Waals surface area contributed by atoms with Crippen LogP contribution in [0.15, 0.2) is 42.7 Å². The minimum atomic E-state index is -0.193. The van der Waals surface area contributed by atoms with E-state index >= 15 is 0 Å². The lowest BCUT2D eigenvalue weighted by Crippen LogP contribution is -2.39. The lowest BCUT2D eigenvalue weighted by atomic mass is 10.2. The Kier molecular flexibility index (Phi) is 7.22. The lowest BCUT2D eigenvalue weighted by molar-refractivity contribution is 0.0398. The molecule has 1 aliphatic rings. The van der Waals surface area contributed by atoms with E-state index in [9.17, 15) is 4.79 Å². The van der Waals surface area contributed by atoms with Crippen molar-refractivity contribution in [3.63, 3.8) is 0 Å². The predicted octanol–water partition coefficient (Wildman–Crippen LogP) is 2.87.